The Bertz CT molecular complexity index is 258. The quantitative estimate of drug-likeness (QED) is 0.577. The lowest BCUT2D eigenvalue weighted by Crippen LogP contribution is -2.00. The maximum Gasteiger partial charge on any atom is 0.404 e. The van der Waals surface area contributed by atoms with Crippen LogP contribution in [-0.2, 0) is 5.11 Å². The van der Waals surface area contributed by atoms with Crippen molar-refractivity contribution in [3.05, 3.63) is 29.6 Å². The zero-order chi connectivity index (χ0) is 7.56. The summed E-state index contributed by atoms with van der Waals surface area (Å²) in [7, 11) is 0. The van der Waals surface area contributed by atoms with E-state index >= 15 is 0 Å². The first-order valence-corrected chi connectivity index (χ1v) is 2.85. The van der Waals surface area contributed by atoms with E-state index in [1.54, 1.807) is 19.1 Å². The molecule has 0 aliphatic rings. The Hall–Kier alpha value is -1.38. The van der Waals surface area contributed by atoms with E-state index in [0.29, 0.717) is 5.56 Å². The number of hydrogen-bond donors (Lipinski definition) is 0. The first-order chi connectivity index (χ1) is 4.72. The van der Waals surface area contributed by atoms with Crippen LogP contribution in [0, 0.1) is 6.92 Å². The van der Waals surface area contributed by atoms with Gasteiger partial charge in [-0.3, -0.25) is 0 Å². The molecule has 0 N–H and O–H groups in total. The van der Waals surface area contributed by atoms with Crippen LogP contribution in [-0.4, -0.2) is 11.0 Å². The Labute approximate surface area is 58.3 Å². The number of carbonyl (C=O) groups is 1. The van der Waals surface area contributed by atoms with Crippen molar-refractivity contribution in [1.82, 2.24) is 4.98 Å². The number of aryl methyl sites for hydroxylation is 1. The van der Waals surface area contributed by atoms with Crippen molar-refractivity contribution < 1.29 is 9.90 Å². The van der Waals surface area contributed by atoms with Crippen LogP contribution in [0.2, 0.25) is 0 Å². The van der Waals surface area contributed by atoms with Crippen LogP contribution in [0.1, 0.15) is 16.1 Å². The molecule has 1 radical (unpaired) electrons. The average Bonchev–Trinajstić information content (AvgIpc) is 1.88. The largest absolute Gasteiger partial charge is 0.404 e. The van der Waals surface area contributed by atoms with Gasteiger partial charge >= 0.3 is 5.97 Å². The smallest absolute Gasteiger partial charge is 0.249 e. The van der Waals surface area contributed by atoms with Crippen molar-refractivity contribution in [2.24, 2.45) is 0 Å². The van der Waals surface area contributed by atoms with Gasteiger partial charge in [0.1, 0.15) is 0 Å². The molecule has 0 aliphatic heterocycles. The predicted molar refractivity (Wildman–Crippen MR) is 34.0 cm³/mol. The van der Waals surface area contributed by atoms with Crippen LogP contribution < -0.4 is 0 Å². The van der Waals surface area contributed by atoms with Crippen LogP contribution in [0.3, 0.4) is 0 Å². The highest BCUT2D eigenvalue weighted by Gasteiger charge is 2.07. The lowest BCUT2D eigenvalue weighted by molar-refractivity contribution is 0.0565. The molecular weight excluding hydrogens is 130 g/mol. The first-order valence-electron chi connectivity index (χ1n) is 2.85. The van der Waals surface area contributed by atoms with E-state index in [9.17, 15) is 9.90 Å². The van der Waals surface area contributed by atoms with Gasteiger partial charge in [0.2, 0.25) is 0 Å². The van der Waals surface area contributed by atoms with Crippen LogP contribution in [0.15, 0.2) is 18.3 Å². The molecule has 0 atom stereocenters. The van der Waals surface area contributed by atoms with Gasteiger partial charge in [0.05, 0.1) is 0 Å². The minimum Gasteiger partial charge on any atom is -0.249 e. The maximum absolute atomic E-state index is 10.2. The highest BCUT2D eigenvalue weighted by molar-refractivity contribution is 5.86. The molecule has 1 aromatic rings. The molecule has 0 saturated heterocycles. The molecule has 0 amide bonds. The van der Waals surface area contributed by atoms with Gasteiger partial charge in [-0.15, -0.1) is 0 Å². The molecule has 0 aliphatic carbocycles. The van der Waals surface area contributed by atoms with E-state index in [-0.39, 0.29) is 5.69 Å². The molecule has 0 saturated carbocycles. The molecule has 0 fully saturated rings. The summed E-state index contributed by atoms with van der Waals surface area (Å²) in [5, 5.41) is 10.2. The second-order valence-electron chi connectivity index (χ2n) is 1.96. The molecule has 10 heavy (non-hydrogen) atoms. The zero-order valence-electron chi connectivity index (χ0n) is 5.50. The minimum atomic E-state index is -1.22. The third-order valence-corrected chi connectivity index (χ3v) is 1.20. The Morgan fingerprint density at radius 1 is 1.60 bits per heavy atom. The minimum absolute atomic E-state index is 0.0162. The van der Waals surface area contributed by atoms with Crippen LogP contribution in [0.5, 0.6) is 0 Å². The molecule has 1 heterocycles. The van der Waals surface area contributed by atoms with Crippen molar-refractivity contribution >= 4 is 5.97 Å². The Morgan fingerprint density at radius 3 is 2.70 bits per heavy atom. The number of rotatable bonds is 1. The van der Waals surface area contributed by atoms with Crippen molar-refractivity contribution in [2.45, 2.75) is 6.92 Å². The lowest BCUT2D eigenvalue weighted by Gasteiger charge is -1.93. The van der Waals surface area contributed by atoms with Crippen LogP contribution >= 0.6 is 0 Å². The summed E-state index contributed by atoms with van der Waals surface area (Å²) in [6, 6.07) is 3.36. The lowest BCUT2D eigenvalue weighted by atomic mass is 10.2. The summed E-state index contributed by atoms with van der Waals surface area (Å²) in [6.45, 7) is 1.68. The summed E-state index contributed by atoms with van der Waals surface area (Å²) in [4.78, 5) is 13.9. The van der Waals surface area contributed by atoms with Crippen LogP contribution in [0.25, 0.3) is 0 Å². The molecule has 1 rings (SSSR count). The number of hydrogen-bond acceptors (Lipinski definition) is 2. The van der Waals surface area contributed by atoms with Gasteiger partial charge < -0.3 is 0 Å². The van der Waals surface area contributed by atoms with Gasteiger partial charge in [-0.05, 0) is 18.6 Å². The maximum atomic E-state index is 10.2. The van der Waals surface area contributed by atoms with Gasteiger partial charge in [-0.2, -0.15) is 0 Å². The van der Waals surface area contributed by atoms with Crippen molar-refractivity contribution in [2.75, 3.05) is 0 Å². The standard InChI is InChI=1S/C7H6NO2/c1-5-3-2-4-8-6(5)7(9)10/h2-4H,1H3. The van der Waals surface area contributed by atoms with Crippen LogP contribution in [0.4, 0.5) is 0 Å². The number of pyridine rings is 1. The van der Waals surface area contributed by atoms with Gasteiger partial charge in [0, 0.05) is 6.20 Å². The van der Waals surface area contributed by atoms with E-state index in [0.717, 1.165) is 0 Å². The van der Waals surface area contributed by atoms with Gasteiger partial charge in [-0.25, -0.2) is 14.9 Å². The fraction of sp³-hybridized carbons (Fsp3) is 0.143. The topological polar surface area (TPSA) is 49.9 Å². The molecule has 0 unspecified atom stereocenters. The molecule has 3 nitrogen and oxygen atoms in total. The van der Waals surface area contributed by atoms with E-state index in [4.69, 9.17) is 0 Å². The normalized spacial score (nSPS) is 9.30. The number of nitrogens with zero attached hydrogens (tertiary/aromatic N) is 1. The van der Waals surface area contributed by atoms with Crippen molar-refractivity contribution in [3.8, 4) is 0 Å². The number of carbonyl (C=O) groups excluding carboxylic acids is 1. The summed E-state index contributed by atoms with van der Waals surface area (Å²) < 4.78 is 0. The summed E-state index contributed by atoms with van der Waals surface area (Å²) in [5.41, 5.74) is 0.644. The van der Waals surface area contributed by atoms with E-state index in [2.05, 4.69) is 4.98 Å². The van der Waals surface area contributed by atoms with Gasteiger partial charge in [0.25, 0.3) is 0 Å². The fourth-order valence-electron chi connectivity index (χ4n) is 0.699. The average molecular weight is 136 g/mol. The molecule has 3 heteroatoms. The molecule has 1 aromatic heterocycles. The van der Waals surface area contributed by atoms with E-state index in [1.165, 1.54) is 6.20 Å². The molecule has 51 valence electrons. The molecular formula is C7H6NO2. The van der Waals surface area contributed by atoms with Gasteiger partial charge in [0.15, 0.2) is 5.69 Å². The fourth-order valence-corrected chi connectivity index (χ4v) is 0.699. The first kappa shape index (κ1) is 6.74. The summed E-state index contributed by atoms with van der Waals surface area (Å²) in [5.74, 6) is -1.22. The Balaban J connectivity index is 3.15. The molecule has 0 spiro atoms. The summed E-state index contributed by atoms with van der Waals surface area (Å²) >= 11 is 0. The number of aromatic nitrogens is 1. The monoisotopic (exact) mass is 136 g/mol. The Kier molecular flexibility index (Phi) is 1.67. The summed E-state index contributed by atoms with van der Waals surface area (Å²) in [6.07, 6.45) is 1.43. The zero-order valence-corrected chi connectivity index (χ0v) is 5.50. The molecule has 0 aromatic carbocycles. The highest BCUT2D eigenvalue weighted by Crippen LogP contribution is 2.01. The third kappa shape index (κ3) is 1.13. The molecule has 0 bridgehead atoms. The second kappa shape index (κ2) is 2.47. The van der Waals surface area contributed by atoms with Crippen molar-refractivity contribution in [3.63, 3.8) is 0 Å². The van der Waals surface area contributed by atoms with Gasteiger partial charge in [-0.1, -0.05) is 6.07 Å². The predicted octanol–water partition coefficient (Wildman–Crippen LogP) is 0.961. The SMILES string of the molecule is Cc1cccnc1C([O])=O. The third-order valence-electron chi connectivity index (χ3n) is 1.20. The Morgan fingerprint density at radius 2 is 2.30 bits per heavy atom. The highest BCUT2D eigenvalue weighted by atomic mass is 16.4. The van der Waals surface area contributed by atoms with E-state index < -0.39 is 5.97 Å². The van der Waals surface area contributed by atoms with Crippen molar-refractivity contribution in [1.29, 1.82) is 0 Å². The second-order valence-corrected chi connectivity index (χ2v) is 1.96. The van der Waals surface area contributed by atoms with E-state index in [1.807, 2.05) is 0 Å².